The van der Waals surface area contributed by atoms with E-state index in [0.717, 1.165) is 6.26 Å². The van der Waals surface area contributed by atoms with Crippen LogP contribution in [0.5, 0.6) is 0 Å². The lowest BCUT2D eigenvalue weighted by atomic mass is 10.1. The standard InChI is InChI=1S/C5H10N2O2S/c1-5(7,3-6)4-10(2,8)9/h4,7H2,1-2H3/t5-/m0/s1. The number of rotatable bonds is 2. The predicted molar refractivity (Wildman–Crippen MR) is 37.9 cm³/mol. The van der Waals surface area contributed by atoms with Crippen LogP contribution in [0, 0.1) is 11.3 Å². The van der Waals surface area contributed by atoms with Crippen molar-refractivity contribution >= 4 is 9.84 Å². The van der Waals surface area contributed by atoms with Gasteiger partial charge in [0.2, 0.25) is 0 Å². The first-order valence-electron chi connectivity index (χ1n) is 2.65. The Morgan fingerprint density at radius 3 is 2.20 bits per heavy atom. The second-order valence-electron chi connectivity index (χ2n) is 2.60. The van der Waals surface area contributed by atoms with E-state index in [0.29, 0.717) is 0 Å². The molecule has 0 amide bonds. The van der Waals surface area contributed by atoms with Crippen LogP contribution in [-0.2, 0) is 9.84 Å². The van der Waals surface area contributed by atoms with E-state index < -0.39 is 15.4 Å². The second-order valence-corrected chi connectivity index (χ2v) is 4.74. The molecular weight excluding hydrogens is 152 g/mol. The third-order valence-electron chi connectivity index (χ3n) is 0.817. The molecule has 0 radical (unpaired) electrons. The van der Waals surface area contributed by atoms with E-state index in [1.54, 1.807) is 6.07 Å². The maximum Gasteiger partial charge on any atom is 0.150 e. The molecule has 2 N–H and O–H groups in total. The smallest absolute Gasteiger partial charge is 0.150 e. The lowest BCUT2D eigenvalue weighted by Crippen LogP contribution is -2.41. The summed E-state index contributed by atoms with van der Waals surface area (Å²) in [5.41, 5.74) is 4.01. The molecule has 4 nitrogen and oxygen atoms in total. The average molecular weight is 162 g/mol. The Morgan fingerprint density at radius 2 is 2.10 bits per heavy atom. The number of nitriles is 1. The van der Waals surface area contributed by atoms with E-state index in [9.17, 15) is 8.42 Å². The Balaban J connectivity index is 4.35. The van der Waals surface area contributed by atoms with Gasteiger partial charge in [-0.1, -0.05) is 0 Å². The molecule has 0 unspecified atom stereocenters. The minimum absolute atomic E-state index is 0.295. The summed E-state index contributed by atoms with van der Waals surface area (Å²) >= 11 is 0. The number of hydrogen-bond acceptors (Lipinski definition) is 4. The van der Waals surface area contributed by atoms with Gasteiger partial charge in [0.25, 0.3) is 0 Å². The van der Waals surface area contributed by atoms with Gasteiger partial charge in [-0.05, 0) is 6.92 Å². The van der Waals surface area contributed by atoms with Crippen molar-refractivity contribution in [1.82, 2.24) is 0 Å². The van der Waals surface area contributed by atoms with Crippen molar-refractivity contribution in [2.75, 3.05) is 12.0 Å². The minimum atomic E-state index is -3.14. The van der Waals surface area contributed by atoms with Crippen LogP contribution in [0.1, 0.15) is 6.92 Å². The minimum Gasteiger partial charge on any atom is -0.313 e. The van der Waals surface area contributed by atoms with Gasteiger partial charge in [-0.3, -0.25) is 0 Å². The molecule has 0 aromatic rings. The third kappa shape index (κ3) is 4.30. The molecule has 0 aliphatic carbocycles. The molecule has 0 rings (SSSR count). The first-order valence-corrected chi connectivity index (χ1v) is 4.71. The van der Waals surface area contributed by atoms with Crippen LogP contribution in [0.4, 0.5) is 0 Å². The van der Waals surface area contributed by atoms with Gasteiger partial charge in [0, 0.05) is 6.26 Å². The van der Waals surface area contributed by atoms with Gasteiger partial charge in [-0.2, -0.15) is 5.26 Å². The van der Waals surface area contributed by atoms with Gasteiger partial charge < -0.3 is 5.73 Å². The van der Waals surface area contributed by atoms with E-state index in [1.807, 2.05) is 0 Å². The van der Waals surface area contributed by atoms with E-state index >= 15 is 0 Å². The van der Waals surface area contributed by atoms with Crippen LogP contribution in [0.3, 0.4) is 0 Å². The van der Waals surface area contributed by atoms with Gasteiger partial charge in [-0.15, -0.1) is 0 Å². The summed E-state index contributed by atoms with van der Waals surface area (Å²) in [6.07, 6.45) is 1.05. The van der Waals surface area contributed by atoms with Gasteiger partial charge >= 0.3 is 0 Å². The summed E-state index contributed by atoms with van der Waals surface area (Å²) in [6.45, 7) is 1.38. The van der Waals surface area contributed by atoms with Crippen LogP contribution in [0.25, 0.3) is 0 Å². The Labute approximate surface area is 60.6 Å². The molecule has 10 heavy (non-hydrogen) atoms. The molecule has 0 saturated heterocycles. The molecule has 0 aromatic heterocycles. The Kier molecular flexibility index (Phi) is 2.41. The van der Waals surface area contributed by atoms with Crippen LogP contribution in [0.2, 0.25) is 0 Å². The highest BCUT2D eigenvalue weighted by Crippen LogP contribution is 2.00. The molecule has 0 aromatic carbocycles. The highest BCUT2D eigenvalue weighted by Gasteiger charge is 2.22. The topological polar surface area (TPSA) is 83.9 Å². The molecular formula is C5H10N2O2S. The normalized spacial score (nSPS) is 17.4. The van der Waals surface area contributed by atoms with Gasteiger partial charge in [0.15, 0.2) is 0 Å². The fourth-order valence-electron chi connectivity index (χ4n) is 0.577. The second kappa shape index (κ2) is 2.56. The van der Waals surface area contributed by atoms with Crippen molar-refractivity contribution in [3.63, 3.8) is 0 Å². The molecule has 0 aliphatic rings. The fourth-order valence-corrected chi connectivity index (χ4v) is 1.73. The van der Waals surface area contributed by atoms with Crippen LogP contribution >= 0.6 is 0 Å². The highest BCUT2D eigenvalue weighted by atomic mass is 32.2. The zero-order valence-corrected chi connectivity index (χ0v) is 6.77. The molecule has 0 fully saturated rings. The number of sulfone groups is 1. The molecule has 58 valence electrons. The van der Waals surface area contributed by atoms with Crippen molar-refractivity contribution in [3.8, 4) is 6.07 Å². The van der Waals surface area contributed by atoms with Crippen molar-refractivity contribution in [2.45, 2.75) is 12.5 Å². The van der Waals surface area contributed by atoms with Gasteiger partial charge in [0.05, 0.1) is 11.8 Å². The molecule has 0 saturated carbocycles. The summed E-state index contributed by atoms with van der Waals surface area (Å²) < 4.78 is 21.1. The summed E-state index contributed by atoms with van der Waals surface area (Å²) in [5, 5.41) is 8.32. The van der Waals surface area contributed by atoms with Crippen LogP contribution < -0.4 is 5.73 Å². The number of nitrogens with two attached hydrogens (primary N) is 1. The predicted octanol–water partition coefficient (Wildman–Crippen LogP) is -0.728. The van der Waals surface area contributed by atoms with Crippen molar-refractivity contribution < 1.29 is 8.42 Å². The largest absolute Gasteiger partial charge is 0.313 e. The molecule has 5 heteroatoms. The van der Waals surface area contributed by atoms with E-state index in [1.165, 1.54) is 6.92 Å². The third-order valence-corrected chi connectivity index (χ3v) is 1.94. The quantitative estimate of drug-likeness (QED) is 0.580. The zero-order chi connectivity index (χ0) is 8.41. The molecule has 0 aliphatic heterocycles. The summed E-state index contributed by atoms with van der Waals surface area (Å²) in [5.74, 6) is -0.295. The van der Waals surface area contributed by atoms with E-state index in [-0.39, 0.29) is 5.75 Å². The van der Waals surface area contributed by atoms with Crippen molar-refractivity contribution in [3.05, 3.63) is 0 Å². The van der Waals surface area contributed by atoms with Crippen molar-refractivity contribution in [1.29, 1.82) is 5.26 Å². The Morgan fingerprint density at radius 1 is 1.70 bits per heavy atom. The molecule has 0 heterocycles. The van der Waals surface area contributed by atoms with Gasteiger partial charge in [0.1, 0.15) is 15.4 Å². The van der Waals surface area contributed by atoms with Crippen LogP contribution in [-0.4, -0.2) is 26.0 Å². The molecule has 0 bridgehead atoms. The van der Waals surface area contributed by atoms with E-state index in [2.05, 4.69) is 0 Å². The lowest BCUT2D eigenvalue weighted by molar-refractivity contribution is 0.580. The summed E-state index contributed by atoms with van der Waals surface area (Å²) in [7, 11) is -3.14. The van der Waals surface area contributed by atoms with Crippen LogP contribution in [0.15, 0.2) is 0 Å². The SMILES string of the molecule is C[C@](N)(C#N)CS(C)(=O)=O. The first-order chi connectivity index (χ1) is 4.27. The highest BCUT2D eigenvalue weighted by molar-refractivity contribution is 7.90. The lowest BCUT2D eigenvalue weighted by Gasteiger charge is -2.12. The first kappa shape index (κ1) is 9.40. The summed E-state index contributed by atoms with van der Waals surface area (Å²) in [4.78, 5) is 0. The summed E-state index contributed by atoms with van der Waals surface area (Å²) in [6, 6.07) is 1.70. The Hall–Kier alpha value is -0.600. The zero-order valence-electron chi connectivity index (χ0n) is 5.96. The maximum absolute atomic E-state index is 10.6. The fraction of sp³-hybridized carbons (Fsp3) is 0.800. The molecule has 0 spiro atoms. The maximum atomic E-state index is 10.6. The number of hydrogen-bond donors (Lipinski definition) is 1. The molecule has 1 atom stereocenters. The van der Waals surface area contributed by atoms with Gasteiger partial charge in [-0.25, -0.2) is 8.42 Å². The average Bonchev–Trinajstić information content (AvgIpc) is 1.60. The number of nitrogens with zero attached hydrogens (tertiary/aromatic N) is 1. The monoisotopic (exact) mass is 162 g/mol. The Bertz CT molecular complexity index is 247. The van der Waals surface area contributed by atoms with Crippen molar-refractivity contribution in [2.24, 2.45) is 5.73 Å². The van der Waals surface area contributed by atoms with E-state index in [4.69, 9.17) is 11.0 Å².